The van der Waals surface area contributed by atoms with Gasteiger partial charge in [-0.15, -0.1) is 20.5 Å². The Morgan fingerprint density at radius 3 is 1.49 bits per heavy atom. The molecule has 0 aliphatic carbocycles. The van der Waals surface area contributed by atoms with Crippen LogP contribution in [-0.4, -0.2) is 30.6 Å². The monoisotopic (exact) mass is 569 g/mol. The van der Waals surface area contributed by atoms with Crippen molar-refractivity contribution in [3.63, 3.8) is 0 Å². The maximum absolute atomic E-state index is 9.56. The molecule has 0 spiro atoms. The summed E-state index contributed by atoms with van der Waals surface area (Å²) in [5.74, 6) is -0.889. The van der Waals surface area contributed by atoms with Crippen molar-refractivity contribution < 1.29 is 47.4 Å². The van der Waals surface area contributed by atoms with Gasteiger partial charge in [-0.3, -0.25) is 0 Å². The Balaban J connectivity index is 0.000000267. The van der Waals surface area contributed by atoms with Gasteiger partial charge in [0.25, 0.3) is 0 Å². The van der Waals surface area contributed by atoms with Crippen molar-refractivity contribution in [2.45, 2.75) is 0 Å². The molecule has 13 heteroatoms. The Morgan fingerprint density at radius 1 is 0.564 bits per heavy atom. The minimum absolute atomic E-state index is 0. The predicted octanol–water partition coefficient (Wildman–Crippen LogP) is 6.86. The standard InChI is InChI=1S/2C13H9N3O3.Co/c1-14-8-2-5-12(18)11(6-8)16-15-10-4-3-9(17)7-13(10)19;14-7-8-1-4-12(18)11(5-8)16-15-10-3-2-9(17)6-13(10)19;/h2-7,17-19H;1-6,17-19H;. The van der Waals surface area contributed by atoms with Gasteiger partial charge in [0.15, 0.2) is 5.69 Å². The van der Waals surface area contributed by atoms with Crippen LogP contribution in [0.3, 0.4) is 0 Å². The van der Waals surface area contributed by atoms with E-state index in [0.717, 1.165) is 12.1 Å². The average molecular weight is 569 g/mol. The van der Waals surface area contributed by atoms with Crippen LogP contribution in [0, 0.1) is 17.9 Å². The van der Waals surface area contributed by atoms with Gasteiger partial charge in [0.2, 0.25) is 0 Å². The van der Waals surface area contributed by atoms with Crippen molar-refractivity contribution in [2.24, 2.45) is 20.5 Å². The number of phenols is 6. The Kier molecular flexibility index (Phi) is 10.3. The molecule has 4 aromatic carbocycles. The molecule has 6 N–H and O–H groups in total. The first kappa shape index (κ1) is 29.6. The van der Waals surface area contributed by atoms with Gasteiger partial charge < -0.3 is 30.6 Å². The molecule has 0 atom stereocenters. The molecule has 0 bridgehead atoms. The van der Waals surface area contributed by atoms with E-state index in [4.69, 9.17) is 22.0 Å². The van der Waals surface area contributed by atoms with Crippen molar-refractivity contribution in [2.75, 3.05) is 0 Å². The first-order valence-electron chi connectivity index (χ1n) is 10.5. The third-order valence-corrected chi connectivity index (χ3v) is 4.64. The SMILES string of the molecule is N#Cc1ccc(O)c(N=Nc2ccc(O)cc2O)c1.[C-]#[N+]c1ccc(O)c(N=Nc2ccc(O)cc2O)c1.[Co]. The number of nitriles is 1. The van der Waals surface area contributed by atoms with E-state index in [1.807, 2.05) is 6.07 Å². The number of hydrogen-bond donors (Lipinski definition) is 6. The van der Waals surface area contributed by atoms with Gasteiger partial charge in [-0.1, -0.05) is 6.07 Å². The van der Waals surface area contributed by atoms with E-state index in [0.29, 0.717) is 11.3 Å². The first-order valence-corrected chi connectivity index (χ1v) is 10.5. The summed E-state index contributed by atoms with van der Waals surface area (Å²) in [5, 5.41) is 80.2. The van der Waals surface area contributed by atoms with E-state index >= 15 is 0 Å². The van der Waals surface area contributed by atoms with Crippen LogP contribution < -0.4 is 0 Å². The molecule has 0 unspecified atom stereocenters. The first-order chi connectivity index (χ1) is 18.2. The van der Waals surface area contributed by atoms with Crippen LogP contribution in [0.15, 0.2) is 93.3 Å². The van der Waals surface area contributed by atoms with E-state index < -0.39 is 0 Å². The Labute approximate surface area is 231 Å². The molecule has 0 fully saturated rings. The summed E-state index contributed by atoms with van der Waals surface area (Å²) in [4.78, 5) is 3.21. The summed E-state index contributed by atoms with van der Waals surface area (Å²) in [6, 6.07) is 18.0. The van der Waals surface area contributed by atoms with Gasteiger partial charge in [0.05, 0.1) is 18.2 Å². The molecular formula is C26H18CoN6O6. The van der Waals surface area contributed by atoms with E-state index in [2.05, 4.69) is 25.3 Å². The molecule has 12 nitrogen and oxygen atoms in total. The number of benzene rings is 4. The second kappa shape index (κ2) is 13.6. The van der Waals surface area contributed by atoms with Gasteiger partial charge >= 0.3 is 0 Å². The molecule has 0 aromatic heterocycles. The van der Waals surface area contributed by atoms with Gasteiger partial charge in [-0.2, -0.15) is 5.26 Å². The fraction of sp³-hybridized carbons (Fsp3) is 0. The quantitative estimate of drug-likeness (QED) is 0.114. The summed E-state index contributed by atoms with van der Waals surface area (Å²) in [6.07, 6.45) is 0. The topological polar surface area (TPSA) is 199 Å². The number of nitrogens with zero attached hydrogens (tertiary/aromatic N) is 6. The van der Waals surface area contributed by atoms with Gasteiger partial charge in [0, 0.05) is 28.9 Å². The molecule has 0 heterocycles. The fourth-order valence-electron chi connectivity index (χ4n) is 2.74. The molecule has 1 radical (unpaired) electrons. The summed E-state index contributed by atoms with van der Waals surface area (Å²) in [5.41, 5.74) is 1.18. The zero-order chi connectivity index (χ0) is 27.7. The molecule has 0 aliphatic heterocycles. The predicted molar refractivity (Wildman–Crippen MR) is 135 cm³/mol. The van der Waals surface area contributed by atoms with Crippen molar-refractivity contribution >= 4 is 28.4 Å². The average Bonchev–Trinajstić information content (AvgIpc) is 2.90. The van der Waals surface area contributed by atoms with Crippen LogP contribution in [0.1, 0.15) is 5.56 Å². The molecule has 0 saturated heterocycles. The van der Waals surface area contributed by atoms with Crippen LogP contribution in [0.5, 0.6) is 34.5 Å². The number of phenolic OH excluding ortho intramolecular Hbond substituents is 6. The maximum atomic E-state index is 9.56. The number of azo groups is 2. The number of aromatic hydroxyl groups is 6. The third-order valence-electron chi connectivity index (χ3n) is 4.64. The summed E-state index contributed by atoms with van der Waals surface area (Å²) >= 11 is 0. The van der Waals surface area contributed by atoms with E-state index in [-0.39, 0.29) is 74.0 Å². The molecule has 4 aromatic rings. The van der Waals surface area contributed by atoms with Gasteiger partial charge in [-0.05, 0) is 54.6 Å². The minimum Gasteiger partial charge on any atom is -0.508 e. The third kappa shape index (κ3) is 8.19. The second-order valence-electron chi connectivity index (χ2n) is 7.35. The van der Waals surface area contributed by atoms with Crippen molar-refractivity contribution in [3.05, 3.63) is 89.8 Å². The summed E-state index contributed by atoms with van der Waals surface area (Å²) < 4.78 is 0. The molecule has 197 valence electrons. The van der Waals surface area contributed by atoms with Crippen molar-refractivity contribution in [3.8, 4) is 40.6 Å². The summed E-state index contributed by atoms with van der Waals surface area (Å²) in [7, 11) is 0. The smallest absolute Gasteiger partial charge is 0.189 e. The number of rotatable bonds is 4. The fourth-order valence-corrected chi connectivity index (χ4v) is 2.74. The molecule has 0 saturated carbocycles. The van der Waals surface area contributed by atoms with E-state index in [9.17, 15) is 20.4 Å². The van der Waals surface area contributed by atoms with E-state index in [1.54, 1.807) is 0 Å². The van der Waals surface area contributed by atoms with Crippen LogP contribution in [0.25, 0.3) is 4.85 Å². The van der Waals surface area contributed by atoms with Gasteiger partial charge in [0.1, 0.15) is 57.2 Å². The van der Waals surface area contributed by atoms with Crippen LogP contribution in [0.4, 0.5) is 28.4 Å². The Morgan fingerprint density at radius 2 is 1.03 bits per heavy atom. The molecule has 4 rings (SSSR count). The van der Waals surface area contributed by atoms with Gasteiger partial charge in [-0.25, -0.2) is 4.85 Å². The van der Waals surface area contributed by atoms with Crippen LogP contribution in [0.2, 0.25) is 0 Å². The zero-order valence-corrected chi connectivity index (χ0v) is 20.7. The Bertz CT molecular complexity index is 1510. The second-order valence-corrected chi connectivity index (χ2v) is 7.35. The molecule has 39 heavy (non-hydrogen) atoms. The minimum atomic E-state index is -0.236. The maximum Gasteiger partial charge on any atom is 0.189 e. The molecule has 0 aliphatic rings. The summed E-state index contributed by atoms with van der Waals surface area (Å²) in [6.45, 7) is 6.87. The molecule has 0 amide bonds. The largest absolute Gasteiger partial charge is 0.508 e. The van der Waals surface area contributed by atoms with Crippen LogP contribution in [-0.2, 0) is 16.8 Å². The van der Waals surface area contributed by atoms with Crippen molar-refractivity contribution in [1.82, 2.24) is 0 Å². The normalized spacial score (nSPS) is 10.2. The van der Waals surface area contributed by atoms with Crippen LogP contribution >= 0.6 is 0 Å². The molecular weight excluding hydrogens is 551 g/mol. The Hall–Kier alpha value is -5.63. The van der Waals surface area contributed by atoms with E-state index in [1.165, 1.54) is 60.7 Å². The van der Waals surface area contributed by atoms with Crippen molar-refractivity contribution in [1.29, 1.82) is 5.26 Å². The zero-order valence-electron chi connectivity index (χ0n) is 19.6. The number of hydrogen-bond acceptors (Lipinski definition) is 11.